The number of nitrogens with zero attached hydrogens (tertiary/aromatic N) is 3. The van der Waals surface area contributed by atoms with Gasteiger partial charge in [0.25, 0.3) is 0 Å². The smallest absolute Gasteiger partial charge is 0.0943 e. The molecule has 0 bridgehead atoms. The third-order valence-corrected chi connectivity index (χ3v) is 3.82. The van der Waals surface area contributed by atoms with Gasteiger partial charge in [0.2, 0.25) is 0 Å². The topological polar surface area (TPSA) is 50.7 Å². The molecule has 2 aromatic rings. The minimum atomic E-state index is 0.264. The van der Waals surface area contributed by atoms with Crippen molar-refractivity contribution >= 4 is 11.3 Å². The Bertz CT molecular complexity index is 510. The normalized spacial score (nSPS) is 12.6. The largest absolute Gasteiger partial charge is 0.310 e. The molecule has 2 heterocycles. The van der Waals surface area contributed by atoms with Crippen LogP contribution in [0.1, 0.15) is 41.3 Å². The van der Waals surface area contributed by atoms with Crippen LogP contribution in [0, 0.1) is 13.8 Å². The quantitative estimate of drug-likeness (QED) is 0.881. The molecule has 0 radical (unpaired) electrons. The Morgan fingerprint density at radius 2 is 2.16 bits per heavy atom. The summed E-state index contributed by atoms with van der Waals surface area (Å²) >= 11 is 1.70. The monoisotopic (exact) mass is 276 g/mol. The highest BCUT2D eigenvalue weighted by molar-refractivity contribution is 7.09. The van der Waals surface area contributed by atoms with Crippen LogP contribution in [0.25, 0.3) is 0 Å². The fourth-order valence-corrected chi connectivity index (χ4v) is 2.73. The SMILES string of the molecule is CCCNC(Cc1nccs1)c1cc(C)nnc1C. The van der Waals surface area contributed by atoms with Gasteiger partial charge in [-0.25, -0.2) is 4.98 Å². The first kappa shape index (κ1) is 14.1. The molecule has 0 aliphatic rings. The van der Waals surface area contributed by atoms with Gasteiger partial charge in [-0.3, -0.25) is 0 Å². The molecule has 2 rings (SSSR count). The predicted octanol–water partition coefficient (Wildman–Crippen LogP) is 2.83. The molecule has 5 heteroatoms. The maximum absolute atomic E-state index is 4.38. The van der Waals surface area contributed by atoms with E-state index in [-0.39, 0.29) is 6.04 Å². The molecule has 0 saturated heterocycles. The van der Waals surface area contributed by atoms with Crippen molar-refractivity contribution in [2.24, 2.45) is 0 Å². The third-order valence-electron chi connectivity index (χ3n) is 3.02. The Labute approximate surface area is 118 Å². The van der Waals surface area contributed by atoms with Crippen LogP contribution in [-0.4, -0.2) is 21.7 Å². The van der Waals surface area contributed by atoms with Gasteiger partial charge in [-0.1, -0.05) is 6.92 Å². The fourth-order valence-electron chi connectivity index (χ4n) is 2.06. The van der Waals surface area contributed by atoms with E-state index in [1.54, 1.807) is 11.3 Å². The van der Waals surface area contributed by atoms with Crippen molar-refractivity contribution in [1.29, 1.82) is 0 Å². The third kappa shape index (κ3) is 3.81. The molecule has 0 fully saturated rings. The molecule has 1 atom stereocenters. The van der Waals surface area contributed by atoms with Crippen molar-refractivity contribution in [2.75, 3.05) is 6.54 Å². The van der Waals surface area contributed by atoms with Crippen molar-refractivity contribution in [2.45, 2.75) is 39.7 Å². The summed E-state index contributed by atoms with van der Waals surface area (Å²) in [6.45, 7) is 7.17. The van der Waals surface area contributed by atoms with Crippen LogP contribution in [0.5, 0.6) is 0 Å². The van der Waals surface area contributed by atoms with Gasteiger partial charge < -0.3 is 5.32 Å². The highest BCUT2D eigenvalue weighted by Crippen LogP contribution is 2.22. The van der Waals surface area contributed by atoms with E-state index < -0.39 is 0 Å². The van der Waals surface area contributed by atoms with Crippen LogP contribution < -0.4 is 5.32 Å². The van der Waals surface area contributed by atoms with Crippen molar-refractivity contribution in [3.63, 3.8) is 0 Å². The zero-order valence-electron chi connectivity index (χ0n) is 11.7. The number of aryl methyl sites for hydroxylation is 2. The zero-order valence-corrected chi connectivity index (χ0v) is 12.5. The zero-order chi connectivity index (χ0) is 13.7. The van der Waals surface area contributed by atoms with Crippen LogP contribution in [0.3, 0.4) is 0 Å². The van der Waals surface area contributed by atoms with Gasteiger partial charge in [-0.15, -0.1) is 11.3 Å². The first-order valence-electron chi connectivity index (χ1n) is 6.63. The molecule has 0 saturated carbocycles. The van der Waals surface area contributed by atoms with Gasteiger partial charge in [-0.2, -0.15) is 10.2 Å². The molecule has 0 aliphatic carbocycles. The number of hydrogen-bond acceptors (Lipinski definition) is 5. The minimum absolute atomic E-state index is 0.264. The minimum Gasteiger partial charge on any atom is -0.310 e. The molecule has 0 aliphatic heterocycles. The molecule has 0 aromatic carbocycles. The number of hydrogen-bond donors (Lipinski definition) is 1. The summed E-state index contributed by atoms with van der Waals surface area (Å²) in [6.07, 6.45) is 3.88. The molecular weight excluding hydrogens is 256 g/mol. The van der Waals surface area contributed by atoms with E-state index in [0.29, 0.717) is 0 Å². The molecule has 0 amide bonds. The molecule has 1 N–H and O–H groups in total. The maximum Gasteiger partial charge on any atom is 0.0943 e. The first-order valence-corrected chi connectivity index (χ1v) is 7.51. The van der Waals surface area contributed by atoms with Gasteiger partial charge >= 0.3 is 0 Å². The lowest BCUT2D eigenvalue weighted by Crippen LogP contribution is -2.25. The van der Waals surface area contributed by atoms with Crippen LogP contribution in [-0.2, 0) is 6.42 Å². The van der Waals surface area contributed by atoms with Crippen LogP contribution in [0.15, 0.2) is 17.6 Å². The van der Waals surface area contributed by atoms with Gasteiger partial charge in [0, 0.05) is 24.0 Å². The molecule has 4 nitrogen and oxygen atoms in total. The molecule has 2 aromatic heterocycles. The Morgan fingerprint density at radius 3 is 2.84 bits per heavy atom. The summed E-state index contributed by atoms with van der Waals surface area (Å²) in [5.41, 5.74) is 3.19. The summed E-state index contributed by atoms with van der Waals surface area (Å²) in [7, 11) is 0. The van der Waals surface area contributed by atoms with E-state index in [1.807, 2.05) is 25.4 Å². The summed E-state index contributed by atoms with van der Waals surface area (Å²) in [6, 6.07) is 2.39. The lowest BCUT2D eigenvalue weighted by Gasteiger charge is -2.19. The van der Waals surface area contributed by atoms with E-state index in [9.17, 15) is 0 Å². The van der Waals surface area contributed by atoms with Crippen molar-refractivity contribution < 1.29 is 0 Å². The average Bonchev–Trinajstić information content (AvgIpc) is 2.90. The Hall–Kier alpha value is -1.33. The van der Waals surface area contributed by atoms with Gasteiger partial charge in [0.05, 0.1) is 16.4 Å². The second-order valence-electron chi connectivity index (χ2n) is 4.66. The maximum atomic E-state index is 4.38. The molecule has 0 spiro atoms. The summed E-state index contributed by atoms with van der Waals surface area (Å²) in [5.74, 6) is 0. The molecule has 102 valence electrons. The van der Waals surface area contributed by atoms with Crippen molar-refractivity contribution in [3.05, 3.63) is 39.6 Å². The lowest BCUT2D eigenvalue weighted by molar-refractivity contribution is 0.522. The standard InChI is InChI=1S/C14H20N4S/c1-4-5-15-13(9-14-16-6-7-19-14)12-8-10(2)17-18-11(12)3/h6-8,13,15H,4-5,9H2,1-3H3. The number of thiazole rings is 1. The lowest BCUT2D eigenvalue weighted by atomic mass is 10.0. The summed E-state index contributed by atoms with van der Waals surface area (Å²) < 4.78 is 0. The van der Waals surface area contributed by atoms with Gasteiger partial charge in [-0.05, 0) is 38.4 Å². The predicted molar refractivity (Wildman–Crippen MR) is 78.4 cm³/mol. The number of aromatic nitrogens is 3. The second kappa shape index (κ2) is 6.73. The second-order valence-corrected chi connectivity index (χ2v) is 5.64. The highest BCUT2D eigenvalue weighted by atomic mass is 32.1. The Morgan fingerprint density at radius 1 is 1.32 bits per heavy atom. The Kier molecular flexibility index (Phi) is 4.99. The van der Waals surface area contributed by atoms with Crippen molar-refractivity contribution in [1.82, 2.24) is 20.5 Å². The highest BCUT2D eigenvalue weighted by Gasteiger charge is 2.16. The van der Waals surface area contributed by atoms with E-state index in [4.69, 9.17) is 0 Å². The number of rotatable bonds is 6. The van der Waals surface area contributed by atoms with E-state index in [1.165, 1.54) is 5.56 Å². The van der Waals surface area contributed by atoms with E-state index in [2.05, 4.69) is 33.5 Å². The summed E-state index contributed by atoms with van der Waals surface area (Å²) in [5, 5.41) is 15.1. The van der Waals surface area contributed by atoms with E-state index in [0.717, 1.165) is 35.8 Å². The first-order chi connectivity index (χ1) is 9.20. The fraction of sp³-hybridized carbons (Fsp3) is 0.500. The van der Waals surface area contributed by atoms with E-state index >= 15 is 0 Å². The van der Waals surface area contributed by atoms with Crippen molar-refractivity contribution in [3.8, 4) is 0 Å². The van der Waals surface area contributed by atoms with Crippen LogP contribution >= 0.6 is 11.3 Å². The molecular formula is C14H20N4S. The van der Waals surface area contributed by atoms with Crippen LogP contribution in [0.4, 0.5) is 0 Å². The average molecular weight is 276 g/mol. The summed E-state index contributed by atoms with van der Waals surface area (Å²) in [4.78, 5) is 4.38. The van der Waals surface area contributed by atoms with Gasteiger partial charge in [0.1, 0.15) is 0 Å². The molecule has 1 unspecified atom stereocenters. The van der Waals surface area contributed by atoms with Crippen LogP contribution in [0.2, 0.25) is 0 Å². The Balaban J connectivity index is 2.23. The number of nitrogens with one attached hydrogen (secondary N) is 1. The molecule has 19 heavy (non-hydrogen) atoms. The van der Waals surface area contributed by atoms with Gasteiger partial charge in [0.15, 0.2) is 0 Å².